The highest BCUT2D eigenvalue weighted by Crippen LogP contribution is 2.45. The van der Waals surface area contributed by atoms with E-state index >= 15 is 0 Å². The number of aryl methyl sites for hydroxylation is 1. The first-order valence-corrected chi connectivity index (χ1v) is 7.28. The van der Waals surface area contributed by atoms with Crippen molar-refractivity contribution in [1.82, 2.24) is 14.8 Å². The molecular formula is C14H21BFN3O2. The van der Waals surface area contributed by atoms with Gasteiger partial charge in [-0.15, -0.1) is 10.2 Å². The predicted octanol–water partition coefficient (Wildman–Crippen LogP) is 2.55. The smallest absolute Gasteiger partial charge is 0.398 e. The molecule has 1 aliphatic carbocycles. The fourth-order valence-corrected chi connectivity index (χ4v) is 2.69. The van der Waals surface area contributed by atoms with Gasteiger partial charge < -0.3 is 13.9 Å². The van der Waals surface area contributed by atoms with Crippen molar-refractivity contribution in [3.8, 4) is 0 Å². The van der Waals surface area contributed by atoms with Crippen LogP contribution in [0.5, 0.6) is 0 Å². The molecule has 7 heteroatoms. The molecule has 5 nitrogen and oxygen atoms in total. The minimum absolute atomic E-state index is 0.237. The number of rotatable bonds is 2. The highest BCUT2D eigenvalue weighted by molar-refractivity contribution is 6.53. The van der Waals surface area contributed by atoms with E-state index in [1.54, 1.807) is 6.33 Å². The first-order valence-electron chi connectivity index (χ1n) is 7.28. The molecule has 2 fully saturated rings. The molecule has 3 rings (SSSR count). The average Bonchev–Trinajstić information content (AvgIpc) is 2.80. The number of halogens is 1. The van der Waals surface area contributed by atoms with E-state index in [0.717, 1.165) is 11.4 Å². The van der Waals surface area contributed by atoms with E-state index in [4.69, 9.17) is 9.31 Å². The van der Waals surface area contributed by atoms with Gasteiger partial charge >= 0.3 is 7.12 Å². The van der Waals surface area contributed by atoms with Crippen molar-refractivity contribution in [3.05, 3.63) is 23.5 Å². The third-order valence-electron chi connectivity index (χ3n) is 4.90. The van der Waals surface area contributed by atoms with Crippen molar-refractivity contribution in [2.75, 3.05) is 0 Å². The predicted molar refractivity (Wildman–Crippen MR) is 77.2 cm³/mol. The van der Waals surface area contributed by atoms with Crippen LogP contribution in [0.1, 0.15) is 52.3 Å². The summed E-state index contributed by atoms with van der Waals surface area (Å²) in [5.41, 5.74) is -0.529. The monoisotopic (exact) mass is 293 g/mol. The SMILES string of the molecule is Cn1cnnc1C1CC(=C(F)B2OC(C)(C)C(C)(C)O2)C1. The Labute approximate surface area is 124 Å². The lowest BCUT2D eigenvalue weighted by atomic mass is 9.72. The normalized spacial score (nSPS) is 26.9. The van der Waals surface area contributed by atoms with Gasteiger partial charge in [0.1, 0.15) is 17.9 Å². The summed E-state index contributed by atoms with van der Waals surface area (Å²) in [7, 11) is 1.02. The van der Waals surface area contributed by atoms with Crippen LogP contribution >= 0.6 is 0 Å². The summed E-state index contributed by atoms with van der Waals surface area (Å²) in [6.45, 7) is 7.70. The van der Waals surface area contributed by atoms with Crippen LogP contribution in [0.4, 0.5) is 4.39 Å². The maximum atomic E-state index is 14.5. The second-order valence-electron chi connectivity index (χ2n) is 6.94. The van der Waals surface area contributed by atoms with Crippen molar-refractivity contribution in [2.24, 2.45) is 7.05 Å². The highest BCUT2D eigenvalue weighted by Gasteiger charge is 2.54. The van der Waals surface area contributed by atoms with Gasteiger partial charge in [0.25, 0.3) is 0 Å². The summed E-state index contributed by atoms with van der Waals surface area (Å²) in [5, 5.41) is 7.94. The molecule has 1 aromatic heterocycles. The fraction of sp³-hybridized carbons (Fsp3) is 0.714. The Hall–Kier alpha value is -1.21. The Balaban J connectivity index is 1.71. The molecule has 0 radical (unpaired) electrons. The van der Waals surface area contributed by atoms with E-state index in [0.29, 0.717) is 12.8 Å². The summed E-state index contributed by atoms with van der Waals surface area (Å²) in [6, 6.07) is 0. The molecule has 0 bridgehead atoms. The van der Waals surface area contributed by atoms with Gasteiger partial charge in [0, 0.05) is 13.0 Å². The van der Waals surface area contributed by atoms with Gasteiger partial charge in [-0.25, -0.2) is 4.39 Å². The van der Waals surface area contributed by atoms with Crippen LogP contribution in [-0.4, -0.2) is 33.1 Å². The topological polar surface area (TPSA) is 49.2 Å². The summed E-state index contributed by atoms with van der Waals surface area (Å²) >= 11 is 0. The quantitative estimate of drug-likeness (QED) is 0.786. The lowest BCUT2D eigenvalue weighted by Gasteiger charge is -2.32. The zero-order valence-electron chi connectivity index (χ0n) is 13.2. The number of allylic oxidation sites excluding steroid dienone is 1. The molecule has 114 valence electrons. The maximum absolute atomic E-state index is 14.5. The Morgan fingerprint density at radius 3 is 2.33 bits per heavy atom. The molecule has 1 aliphatic heterocycles. The fourth-order valence-electron chi connectivity index (χ4n) is 2.69. The van der Waals surface area contributed by atoms with E-state index in [2.05, 4.69) is 10.2 Å². The van der Waals surface area contributed by atoms with Gasteiger partial charge in [-0.05, 0) is 46.1 Å². The highest BCUT2D eigenvalue weighted by atomic mass is 19.1. The summed E-state index contributed by atoms with van der Waals surface area (Å²) < 4.78 is 27.9. The van der Waals surface area contributed by atoms with E-state index < -0.39 is 18.3 Å². The van der Waals surface area contributed by atoms with E-state index in [1.807, 2.05) is 39.3 Å². The molecule has 0 N–H and O–H groups in total. The standard InChI is InChI=1S/C14H21BFN3O2/c1-13(2)14(3,4)21-15(20-13)11(16)9-6-10(7-9)12-18-17-8-19(12)5/h8,10H,6-7H2,1-5H3. The Morgan fingerprint density at radius 2 is 1.86 bits per heavy atom. The van der Waals surface area contributed by atoms with Crippen molar-refractivity contribution in [2.45, 2.75) is 57.7 Å². The van der Waals surface area contributed by atoms with E-state index in [-0.39, 0.29) is 11.6 Å². The summed E-state index contributed by atoms with van der Waals surface area (Å²) in [6.07, 6.45) is 2.98. The molecule has 1 saturated carbocycles. The lowest BCUT2D eigenvalue weighted by molar-refractivity contribution is 0.00578. The molecule has 0 unspecified atom stereocenters. The maximum Gasteiger partial charge on any atom is 0.525 e. The molecule has 0 atom stereocenters. The van der Waals surface area contributed by atoms with Crippen LogP contribution in [0.3, 0.4) is 0 Å². The van der Waals surface area contributed by atoms with Crippen LogP contribution in [0.2, 0.25) is 0 Å². The van der Waals surface area contributed by atoms with E-state index in [1.165, 1.54) is 0 Å². The van der Waals surface area contributed by atoms with Gasteiger partial charge in [0.2, 0.25) is 0 Å². The van der Waals surface area contributed by atoms with Gasteiger partial charge in [0.05, 0.1) is 11.2 Å². The Morgan fingerprint density at radius 1 is 1.29 bits per heavy atom. The number of hydrogen-bond donors (Lipinski definition) is 0. The van der Waals surface area contributed by atoms with Crippen molar-refractivity contribution >= 4 is 7.12 Å². The molecular weight excluding hydrogens is 272 g/mol. The third-order valence-corrected chi connectivity index (χ3v) is 4.90. The van der Waals surface area contributed by atoms with Crippen molar-refractivity contribution in [1.29, 1.82) is 0 Å². The molecule has 1 saturated heterocycles. The first-order chi connectivity index (χ1) is 9.71. The van der Waals surface area contributed by atoms with Crippen LogP contribution in [0.15, 0.2) is 17.6 Å². The second-order valence-corrected chi connectivity index (χ2v) is 6.94. The van der Waals surface area contributed by atoms with Crippen LogP contribution < -0.4 is 0 Å². The molecule has 0 spiro atoms. The van der Waals surface area contributed by atoms with Crippen molar-refractivity contribution < 1.29 is 13.7 Å². The van der Waals surface area contributed by atoms with Crippen LogP contribution in [0.25, 0.3) is 0 Å². The second kappa shape index (κ2) is 4.65. The minimum atomic E-state index is -0.884. The Bertz CT molecular complexity index is 573. The van der Waals surface area contributed by atoms with Crippen LogP contribution in [-0.2, 0) is 16.4 Å². The molecule has 2 heterocycles. The van der Waals surface area contributed by atoms with E-state index in [9.17, 15) is 4.39 Å². The largest absolute Gasteiger partial charge is 0.525 e. The van der Waals surface area contributed by atoms with Gasteiger partial charge in [-0.3, -0.25) is 0 Å². The van der Waals surface area contributed by atoms with Crippen molar-refractivity contribution in [3.63, 3.8) is 0 Å². The summed E-state index contributed by atoms with van der Waals surface area (Å²) in [4.78, 5) is 0. The molecule has 0 amide bonds. The molecule has 21 heavy (non-hydrogen) atoms. The average molecular weight is 293 g/mol. The number of nitrogens with zero attached hydrogens (tertiary/aromatic N) is 3. The van der Waals surface area contributed by atoms with Gasteiger partial charge in [-0.2, -0.15) is 0 Å². The van der Waals surface area contributed by atoms with Crippen LogP contribution in [0, 0.1) is 0 Å². The Kier molecular flexibility index (Phi) is 3.26. The van der Waals surface area contributed by atoms with Gasteiger partial charge in [0.15, 0.2) is 0 Å². The number of hydrogen-bond acceptors (Lipinski definition) is 4. The third kappa shape index (κ3) is 2.32. The van der Waals surface area contributed by atoms with Gasteiger partial charge in [-0.1, -0.05) is 0 Å². The zero-order chi connectivity index (χ0) is 15.4. The molecule has 2 aliphatic rings. The lowest BCUT2D eigenvalue weighted by Crippen LogP contribution is -2.41. The molecule has 0 aromatic carbocycles. The minimum Gasteiger partial charge on any atom is -0.398 e. The molecule has 1 aromatic rings. The number of aromatic nitrogens is 3. The zero-order valence-corrected chi connectivity index (χ0v) is 13.2. The first kappa shape index (κ1) is 14.7. The summed E-state index contributed by atoms with van der Waals surface area (Å²) in [5.74, 6) is 1.14.